The minimum absolute atomic E-state index is 0.116. The number of carbonyl (C=O) groups is 2. The lowest BCUT2D eigenvalue weighted by Gasteiger charge is -2.11. The molecule has 0 spiro atoms. The quantitative estimate of drug-likeness (QED) is 0.209. The molecule has 0 fully saturated rings. The Hall–Kier alpha value is -4.75. The molecule has 0 atom stereocenters. The molecule has 4 aromatic carbocycles. The minimum atomic E-state index is -0.732. The summed E-state index contributed by atoms with van der Waals surface area (Å²) in [4.78, 5) is 39.5. The fourth-order valence-electron chi connectivity index (χ4n) is 4.70. The van der Waals surface area contributed by atoms with E-state index in [0.717, 1.165) is 27.6 Å². The zero-order chi connectivity index (χ0) is 29.1. The minimum Gasteiger partial charge on any atom is -0.466 e. The van der Waals surface area contributed by atoms with E-state index in [4.69, 9.17) is 16.3 Å². The third-order valence-corrected chi connectivity index (χ3v) is 7.04. The van der Waals surface area contributed by atoms with E-state index in [1.54, 1.807) is 31.2 Å². The molecule has 0 aliphatic heterocycles. The van der Waals surface area contributed by atoms with Gasteiger partial charge in [-0.15, -0.1) is 0 Å². The molecule has 0 aliphatic carbocycles. The van der Waals surface area contributed by atoms with Crippen LogP contribution in [0.1, 0.15) is 22.8 Å². The standard InChI is InChI=1S/C33H25ClFNO5/c1-3-41-31(37)14-19-5-4-6-23(13-19)27-16-24-15-26(28(34)18-30(24)36-32(27)38)21-9-7-20(8-10-21)22-11-12-25(29(35)17-22)33(39)40-2/h4-13,15-18H,3,14H2,1-2H3,(H,36,38). The highest BCUT2D eigenvalue weighted by Gasteiger charge is 2.14. The topological polar surface area (TPSA) is 85.5 Å². The molecule has 5 rings (SSSR count). The lowest BCUT2D eigenvalue weighted by atomic mass is 9.97. The van der Waals surface area contributed by atoms with Gasteiger partial charge in [-0.1, -0.05) is 66.2 Å². The number of carbonyl (C=O) groups excluding carboxylic acids is 2. The highest BCUT2D eigenvalue weighted by atomic mass is 35.5. The predicted molar refractivity (Wildman–Crippen MR) is 158 cm³/mol. The number of halogens is 2. The van der Waals surface area contributed by atoms with Crippen LogP contribution in [0.3, 0.4) is 0 Å². The van der Waals surface area contributed by atoms with Crippen LogP contribution in [-0.4, -0.2) is 30.6 Å². The van der Waals surface area contributed by atoms with Gasteiger partial charge in [-0.3, -0.25) is 9.59 Å². The van der Waals surface area contributed by atoms with Crippen molar-refractivity contribution < 1.29 is 23.5 Å². The van der Waals surface area contributed by atoms with Crippen LogP contribution >= 0.6 is 11.6 Å². The Morgan fingerprint density at radius 3 is 2.27 bits per heavy atom. The second-order valence-electron chi connectivity index (χ2n) is 9.38. The fourth-order valence-corrected chi connectivity index (χ4v) is 4.98. The van der Waals surface area contributed by atoms with Crippen LogP contribution in [-0.2, 0) is 20.7 Å². The number of aromatic nitrogens is 1. The summed E-state index contributed by atoms with van der Waals surface area (Å²) in [5.74, 6) is -1.72. The molecule has 1 heterocycles. The lowest BCUT2D eigenvalue weighted by Crippen LogP contribution is -2.10. The average molecular weight is 570 g/mol. The molecule has 41 heavy (non-hydrogen) atoms. The summed E-state index contributed by atoms with van der Waals surface area (Å²) in [6.45, 7) is 2.06. The highest BCUT2D eigenvalue weighted by molar-refractivity contribution is 6.34. The van der Waals surface area contributed by atoms with Gasteiger partial charge in [0.05, 0.1) is 30.7 Å². The van der Waals surface area contributed by atoms with Crippen molar-refractivity contribution in [2.24, 2.45) is 0 Å². The van der Waals surface area contributed by atoms with Gasteiger partial charge in [-0.05, 0) is 70.5 Å². The van der Waals surface area contributed by atoms with Gasteiger partial charge >= 0.3 is 11.9 Å². The summed E-state index contributed by atoms with van der Waals surface area (Å²) in [6, 6.07) is 24.5. The van der Waals surface area contributed by atoms with Gasteiger partial charge in [-0.2, -0.15) is 0 Å². The fraction of sp³-hybridized carbons (Fsp3) is 0.121. The molecule has 0 aliphatic rings. The molecule has 0 bridgehead atoms. The number of rotatable bonds is 7. The second kappa shape index (κ2) is 11.8. The van der Waals surface area contributed by atoms with Crippen LogP contribution in [0.4, 0.5) is 4.39 Å². The average Bonchev–Trinajstić information content (AvgIpc) is 2.96. The third-order valence-electron chi connectivity index (χ3n) is 6.73. The van der Waals surface area contributed by atoms with Gasteiger partial charge in [0.2, 0.25) is 0 Å². The first kappa shape index (κ1) is 27.8. The largest absolute Gasteiger partial charge is 0.466 e. The summed E-state index contributed by atoms with van der Waals surface area (Å²) in [7, 11) is 1.21. The highest BCUT2D eigenvalue weighted by Crippen LogP contribution is 2.34. The first-order valence-electron chi connectivity index (χ1n) is 12.9. The van der Waals surface area contributed by atoms with E-state index in [0.29, 0.717) is 33.8 Å². The Balaban J connectivity index is 1.48. The van der Waals surface area contributed by atoms with Crippen molar-refractivity contribution in [3.05, 3.63) is 117 Å². The van der Waals surface area contributed by atoms with Gasteiger partial charge in [0, 0.05) is 16.6 Å². The molecule has 1 aromatic heterocycles. The number of ether oxygens (including phenoxy) is 2. The van der Waals surface area contributed by atoms with E-state index in [9.17, 15) is 18.8 Å². The van der Waals surface area contributed by atoms with Gasteiger partial charge in [0.15, 0.2) is 0 Å². The Morgan fingerprint density at radius 2 is 1.56 bits per heavy atom. The van der Waals surface area contributed by atoms with Crippen molar-refractivity contribution in [1.29, 1.82) is 0 Å². The number of H-pyrrole nitrogens is 1. The van der Waals surface area contributed by atoms with E-state index in [2.05, 4.69) is 9.72 Å². The van der Waals surface area contributed by atoms with Crippen molar-refractivity contribution in [3.8, 4) is 33.4 Å². The van der Waals surface area contributed by atoms with Crippen molar-refractivity contribution in [2.45, 2.75) is 13.3 Å². The second-order valence-corrected chi connectivity index (χ2v) is 9.78. The molecular weight excluding hydrogens is 545 g/mol. The SMILES string of the molecule is CCOC(=O)Cc1cccc(-c2cc3cc(-c4ccc(-c5ccc(C(=O)OC)c(F)c5)cc4)c(Cl)cc3[nH]c2=O)c1. The van der Waals surface area contributed by atoms with Crippen LogP contribution in [0.5, 0.6) is 0 Å². The maximum Gasteiger partial charge on any atom is 0.340 e. The Labute approximate surface area is 240 Å². The van der Waals surface area contributed by atoms with Gasteiger partial charge in [-0.25, -0.2) is 9.18 Å². The van der Waals surface area contributed by atoms with Crippen LogP contribution < -0.4 is 5.56 Å². The van der Waals surface area contributed by atoms with E-state index in [-0.39, 0.29) is 23.5 Å². The molecule has 6 nitrogen and oxygen atoms in total. The maximum absolute atomic E-state index is 14.4. The van der Waals surface area contributed by atoms with Crippen molar-refractivity contribution in [1.82, 2.24) is 4.98 Å². The van der Waals surface area contributed by atoms with Crippen molar-refractivity contribution >= 4 is 34.4 Å². The number of pyridine rings is 1. The van der Waals surface area contributed by atoms with E-state index >= 15 is 0 Å². The van der Waals surface area contributed by atoms with Crippen LogP contribution in [0.25, 0.3) is 44.3 Å². The first-order chi connectivity index (χ1) is 19.8. The van der Waals surface area contributed by atoms with Crippen molar-refractivity contribution in [2.75, 3.05) is 13.7 Å². The number of hydrogen-bond donors (Lipinski definition) is 1. The van der Waals surface area contributed by atoms with Crippen molar-refractivity contribution in [3.63, 3.8) is 0 Å². The first-order valence-corrected chi connectivity index (χ1v) is 13.3. The van der Waals surface area contributed by atoms with Gasteiger partial charge < -0.3 is 14.5 Å². The van der Waals surface area contributed by atoms with Crippen LogP contribution in [0, 0.1) is 5.82 Å². The van der Waals surface area contributed by atoms with E-state index < -0.39 is 11.8 Å². The monoisotopic (exact) mass is 569 g/mol. The van der Waals surface area contributed by atoms with Gasteiger partial charge in [0.1, 0.15) is 5.82 Å². The zero-order valence-corrected chi connectivity index (χ0v) is 23.1. The molecule has 206 valence electrons. The summed E-state index contributed by atoms with van der Waals surface area (Å²) in [6.07, 6.45) is 0.116. The van der Waals surface area contributed by atoms with E-state index in [1.807, 2.05) is 48.5 Å². The summed E-state index contributed by atoms with van der Waals surface area (Å²) < 4.78 is 24.1. The number of aromatic amines is 1. The van der Waals surface area contributed by atoms with E-state index in [1.165, 1.54) is 19.2 Å². The predicted octanol–water partition coefficient (Wildman–Crippen LogP) is 7.21. The third kappa shape index (κ3) is 5.90. The molecular formula is C33H25ClFNO5. The molecule has 1 N–H and O–H groups in total. The number of benzene rings is 4. The summed E-state index contributed by atoms with van der Waals surface area (Å²) in [5.41, 5.74) is 5.04. The summed E-state index contributed by atoms with van der Waals surface area (Å²) in [5, 5.41) is 1.23. The smallest absolute Gasteiger partial charge is 0.340 e. The number of hydrogen-bond acceptors (Lipinski definition) is 5. The van der Waals surface area contributed by atoms with Crippen LogP contribution in [0.2, 0.25) is 5.02 Å². The molecule has 0 unspecified atom stereocenters. The van der Waals surface area contributed by atoms with Crippen LogP contribution in [0.15, 0.2) is 89.7 Å². The molecule has 0 saturated heterocycles. The zero-order valence-electron chi connectivity index (χ0n) is 22.3. The Kier molecular flexibility index (Phi) is 7.99. The Bertz CT molecular complexity index is 1850. The molecule has 8 heteroatoms. The number of methoxy groups -OCH3 is 1. The number of nitrogens with one attached hydrogen (secondary N) is 1. The molecule has 0 amide bonds. The molecule has 0 saturated carbocycles. The molecule has 5 aromatic rings. The maximum atomic E-state index is 14.4. The Morgan fingerprint density at radius 1 is 0.854 bits per heavy atom. The number of esters is 2. The normalized spacial score (nSPS) is 10.9. The van der Waals surface area contributed by atoms with Gasteiger partial charge in [0.25, 0.3) is 5.56 Å². The molecule has 0 radical (unpaired) electrons. The lowest BCUT2D eigenvalue weighted by molar-refractivity contribution is -0.142. The number of fused-ring (bicyclic) bond motifs is 1. The summed E-state index contributed by atoms with van der Waals surface area (Å²) >= 11 is 6.62.